The highest BCUT2D eigenvalue weighted by molar-refractivity contribution is 7.90. The van der Waals surface area contributed by atoms with Crippen molar-refractivity contribution in [2.45, 2.75) is 11.7 Å². The van der Waals surface area contributed by atoms with Gasteiger partial charge in [0.1, 0.15) is 6.54 Å². The molecule has 1 heterocycles. The van der Waals surface area contributed by atoms with Crippen molar-refractivity contribution in [3.8, 4) is 6.07 Å². The molecule has 0 saturated heterocycles. The predicted octanol–water partition coefficient (Wildman–Crippen LogP) is -1.40. The molecule has 0 spiro atoms. The van der Waals surface area contributed by atoms with Gasteiger partial charge < -0.3 is 0 Å². The molecule has 0 radical (unpaired) electrons. The molecule has 0 aliphatic heterocycles. The van der Waals surface area contributed by atoms with Crippen molar-refractivity contribution in [2.75, 3.05) is 6.26 Å². The molecule has 0 aliphatic carbocycles. The van der Waals surface area contributed by atoms with Gasteiger partial charge in [-0.25, -0.2) is 8.42 Å². The lowest BCUT2D eigenvalue weighted by Crippen LogP contribution is -2.03. The molecule has 0 amide bonds. The third-order valence-corrected chi connectivity index (χ3v) is 1.80. The highest BCUT2D eigenvalue weighted by Crippen LogP contribution is 1.96. The Hall–Kier alpha value is -1.49. The zero-order chi connectivity index (χ0) is 9.19. The summed E-state index contributed by atoms with van der Waals surface area (Å²) >= 11 is 0. The van der Waals surface area contributed by atoms with Crippen LogP contribution < -0.4 is 0 Å². The molecule has 7 nitrogen and oxygen atoms in total. The first-order valence-corrected chi connectivity index (χ1v) is 4.78. The lowest BCUT2D eigenvalue weighted by atomic mass is 10.8. The Morgan fingerprint density at radius 1 is 1.67 bits per heavy atom. The van der Waals surface area contributed by atoms with Crippen LogP contribution in [0.25, 0.3) is 0 Å². The van der Waals surface area contributed by atoms with Gasteiger partial charge in [0.15, 0.2) is 0 Å². The molecular weight excluding hydrogens is 182 g/mol. The van der Waals surface area contributed by atoms with Crippen LogP contribution in [-0.2, 0) is 16.4 Å². The lowest BCUT2D eigenvalue weighted by Gasteiger charge is -1.85. The third-order valence-electron chi connectivity index (χ3n) is 0.978. The van der Waals surface area contributed by atoms with Crippen LogP contribution in [0, 0.1) is 11.3 Å². The van der Waals surface area contributed by atoms with Crippen molar-refractivity contribution in [3.05, 3.63) is 0 Å². The molecule has 8 heteroatoms. The molecular formula is C4H5N5O2S. The van der Waals surface area contributed by atoms with Crippen molar-refractivity contribution >= 4 is 9.84 Å². The van der Waals surface area contributed by atoms with Crippen molar-refractivity contribution in [1.82, 2.24) is 20.2 Å². The molecule has 1 aromatic heterocycles. The summed E-state index contributed by atoms with van der Waals surface area (Å²) in [7, 11) is -3.42. The van der Waals surface area contributed by atoms with Crippen LogP contribution in [0.3, 0.4) is 0 Å². The van der Waals surface area contributed by atoms with E-state index in [9.17, 15) is 8.42 Å². The number of rotatable bonds is 2. The molecule has 0 fully saturated rings. The van der Waals surface area contributed by atoms with Crippen molar-refractivity contribution in [1.29, 1.82) is 5.26 Å². The second-order valence-corrected chi connectivity index (χ2v) is 3.94. The quantitative estimate of drug-likeness (QED) is 0.564. The number of sulfone groups is 1. The van der Waals surface area contributed by atoms with Crippen LogP contribution >= 0.6 is 0 Å². The number of nitriles is 1. The summed E-state index contributed by atoms with van der Waals surface area (Å²) < 4.78 is 21.6. The minimum absolute atomic E-state index is 0.109. The fourth-order valence-electron chi connectivity index (χ4n) is 0.507. The molecule has 0 aliphatic rings. The standard InChI is InChI=1S/C4H5N5O2S/c1-12(10,11)4-6-8-9(7-4)3-2-5/h3H2,1H3. The summed E-state index contributed by atoms with van der Waals surface area (Å²) in [6, 6.07) is 1.75. The smallest absolute Gasteiger partial charge is 0.221 e. The predicted molar refractivity (Wildman–Crippen MR) is 36.5 cm³/mol. The van der Waals surface area contributed by atoms with Gasteiger partial charge in [0.2, 0.25) is 9.84 Å². The largest absolute Gasteiger partial charge is 0.288 e. The monoisotopic (exact) mass is 187 g/mol. The summed E-state index contributed by atoms with van der Waals surface area (Å²) in [6.45, 7) is -0.109. The van der Waals surface area contributed by atoms with Gasteiger partial charge in [-0.2, -0.15) is 5.26 Å². The van der Waals surface area contributed by atoms with Gasteiger partial charge in [-0.15, -0.1) is 9.90 Å². The number of tetrazole rings is 1. The SMILES string of the molecule is CS(=O)(=O)c1nnn(CC#N)n1. The van der Waals surface area contributed by atoms with Crippen molar-refractivity contribution in [2.24, 2.45) is 0 Å². The number of hydrogen-bond donors (Lipinski definition) is 0. The van der Waals surface area contributed by atoms with Crippen molar-refractivity contribution < 1.29 is 8.42 Å². The molecule has 0 atom stereocenters. The summed E-state index contributed by atoms with van der Waals surface area (Å²) in [6.07, 6.45) is 0.973. The van der Waals surface area contributed by atoms with Crippen LogP contribution in [0.2, 0.25) is 0 Å². The number of aromatic nitrogens is 4. The molecule has 1 aromatic rings. The van der Waals surface area contributed by atoms with Gasteiger partial charge >= 0.3 is 0 Å². The Morgan fingerprint density at radius 2 is 2.33 bits per heavy atom. The van der Waals surface area contributed by atoms with Crippen LogP contribution in [0.5, 0.6) is 0 Å². The van der Waals surface area contributed by atoms with E-state index in [4.69, 9.17) is 5.26 Å². The lowest BCUT2D eigenvalue weighted by molar-refractivity contribution is 0.574. The summed E-state index contributed by atoms with van der Waals surface area (Å²) in [5.41, 5.74) is 0. The van der Waals surface area contributed by atoms with E-state index in [0.29, 0.717) is 0 Å². The van der Waals surface area contributed by atoms with Gasteiger partial charge in [0.05, 0.1) is 6.07 Å². The molecule has 1 rings (SSSR count). The Labute approximate surface area is 68.5 Å². The first kappa shape index (κ1) is 8.61. The molecule has 0 unspecified atom stereocenters. The van der Waals surface area contributed by atoms with E-state index in [0.717, 1.165) is 11.1 Å². The van der Waals surface area contributed by atoms with Crippen LogP contribution in [0.4, 0.5) is 0 Å². The van der Waals surface area contributed by atoms with E-state index in [1.165, 1.54) is 0 Å². The molecule has 0 N–H and O–H groups in total. The maximum atomic E-state index is 10.8. The second kappa shape index (κ2) is 2.86. The Kier molecular flexibility index (Phi) is 2.05. The second-order valence-electron chi connectivity index (χ2n) is 2.03. The average Bonchev–Trinajstić information content (AvgIpc) is 2.35. The van der Waals surface area contributed by atoms with Gasteiger partial charge in [-0.1, -0.05) is 5.10 Å². The van der Waals surface area contributed by atoms with E-state index in [-0.39, 0.29) is 11.7 Å². The van der Waals surface area contributed by atoms with E-state index < -0.39 is 9.84 Å². The molecule has 0 bridgehead atoms. The topological polar surface area (TPSA) is 102 Å². The zero-order valence-electron chi connectivity index (χ0n) is 6.17. The minimum Gasteiger partial charge on any atom is -0.221 e. The van der Waals surface area contributed by atoms with Gasteiger partial charge in [0.25, 0.3) is 5.16 Å². The molecule has 0 saturated carbocycles. The van der Waals surface area contributed by atoms with Crippen LogP contribution in [-0.4, -0.2) is 34.9 Å². The molecule has 0 aromatic carbocycles. The molecule has 64 valence electrons. The van der Waals surface area contributed by atoms with Gasteiger partial charge in [-0.3, -0.25) is 0 Å². The van der Waals surface area contributed by atoms with Crippen LogP contribution in [0.1, 0.15) is 0 Å². The van der Waals surface area contributed by atoms with Gasteiger partial charge in [0, 0.05) is 6.26 Å². The van der Waals surface area contributed by atoms with Crippen molar-refractivity contribution in [3.63, 3.8) is 0 Å². The first-order valence-electron chi connectivity index (χ1n) is 2.89. The average molecular weight is 187 g/mol. The maximum absolute atomic E-state index is 10.8. The summed E-state index contributed by atoms with van der Waals surface area (Å²) in [4.78, 5) is 0.913. The van der Waals surface area contributed by atoms with Gasteiger partial charge in [-0.05, 0) is 5.21 Å². The van der Waals surface area contributed by atoms with Crippen LogP contribution in [0.15, 0.2) is 5.16 Å². The number of nitrogens with zero attached hydrogens (tertiary/aromatic N) is 5. The highest BCUT2D eigenvalue weighted by Gasteiger charge is 2.13. The van der Waals surface area contributed by atoms with E-state index >= 15 is 0 Å². The minimum atomic E-state index is -3.42. The van der Waals surface area contributed by atoms with E-state index in [1.807, 2.05) is 0 Å². The Morgan fingerprint density at radius 3 is 2.75 bits per heavy atom. The highest BCUT2D eigenvalue weighted by atomic mass is 32.2. The number of hydrogen-bond acceptors (Lipinski definition) is 6. The third kappa shape index (κ3) is 1.76. The zero-order valence-corrected chi connectivity index (χ0v) is 6.98. The fourth-order valence-corrected chi connectivity index (χ4v) is 0.935. The molecule has 12 heavy (non-hydrogen) atoms. The maximum Gasteiger partial charge on any atom is 0.288 e. The fraction of sp³-hybridized carbons (Fsp3) is 0.500. The Balaban J connectivity index is 3.02. The normalized spacial score (nSPS) is 11.0. The van der Waals surface area contributed by atoms with E-state index in [1.54, 1.807) is 6.07 Å². The first-order chi connectivity index (χ1) is 5.54. The Bertz CT molecular complexity index is 413. The summed E-state index contributed by atoms with van der Waals surface area (Å²) in [5.74, 6) is 0. The van der Waals surface area contributed by atoms with E-state index in [2.05, 4.69) is 15.4 Å². The summed E-state index contributed by atoms with van der Waals surface area (Å²) in [5, 5.41) is 17.9.